The van der Waals surface area contributed by atoms with Gasteiger partial charge in [0.25, 0.3) is 5.91 Å². The number of benzene rings is 2. The molecule has 26 heavy (non-hydrogen) atoms. The molecule has 2 heterocycles. The lowest BCUT2D eigenvalue weighted by Gasteiger charge is -2.11. The van der Waals surface area contributed by atoms with E-state index in [1.54, 1.807) is 0 Å². The molecule has 1 atom stereocenters. The minimum Gasteiger partial charge on any atom is -0.444 e. The van der Waals surface area contributed by atoms with Crippen LogP contribution in [-0.4, -0.2) is 27.9 Å². The van der Waals surface area contributed by atoms with Crippen molar-refractivity contribution in [1.82, 2.24) is 15.2 Å². The van der Waals surface area contributed by atoms with Crippen molar-refractivity contribution in [2.45, 2.75) is 19.0 Å². The molecular formula is C20H17N3O3. The Bertz CT molecular complexity index is 922. The van der Waals surface area contributed by atoms with Crippen LogP contribution in [0, 0.1) is 0 Å². The van der Waals surface area contributed by atoms with E-state index in [-0.39, 0.29) is 12.5 Å². The molecule has 2 aromatic carbocycles. The molecular weight excluding hydrogens is 330 g/mol. The van der Waals surface area contributed by atoms with E-state index < -0.39 is 12.1 Å². The standard InChI is InChI=1S/C20H17N3O3/c24-19-17(11-14-7-3-1-4-8-14)22-20(25)23(19)12-16-13-26-18(21-16)15-9-5-2-6-10-15/h1-10,13,17H,11-12H2,(H,22,25). The van der Waals surface area contributed by atoms with Crippen molar-refractivity contribution in [3.63, 3.8) is 0 Å². The fourth-order valence-electron chi connectivity index (χ4n) is 2.97. The molecule has 3 amide bonds. The summed E-state index contributed by atoms with van der Waals surface area (Å²) < 4.78 is 5.47. The van der Waals surface area contributed by atoms with Gasteiger partial charge in [-0.3, -0.25) is 9.69 Å². The highest BCUT2D eigenvalue weighted by atomic mass is 16.3. The first kappa shape index (κ1) is 16.1. The maximum atomic E-state index is 12.6. The van der Waals surface area contributed by atoms with Crippen molar-refractivity contribution in [2.24, 2.45) is 0 Å². The first-order valence-electron chi connectivity index (χ1n) is 8.36. The lowest BCUT2D eigenvalue weighted by Crippen LogP contribution is -2.32. The topological polar surface area (TPSA) is 75.4 Å². The van der Waals surface area contributed by atoms with Crippen LogP contribution in [0.2, 0.25) is 0 Å². The summed E-state index contributed by atoms with van der Waals surface area (Å²) in [6, 6.07) is 18.1. The minimum absolute atomic E-state index is 0.0896. The third-order valence-electron chi connectivity index (χ3n) is 4.28. The van der Waals surface area contributed by atoms with E-state index in [1.807, 2.05) is 60.7 Å². The number of hydrogen-bond acceptors (Lipinski definition) is 4. The van der Waals surface area contributed by atoms with E-state index in [2.05, 4.69) is 10.3 Å². The second-order valence-electron chi connectivity index (χ2n) is 6.13. The number of nitrogens with zero attached hydrogens (tertiary/aromatic N) is 2. The van der Waals surface area contributed by atoms with Crippen molar-refractivity contribution < 1.29 is 14.0 Å². The maximum Gasteiger partial charge on any atom is 0.325 e. The van der Waals surface area contributed by atoms with Gasteiger partial charge in [-0.25, -0.2) is 9.78 Å². The van der Waals surface area contributed by atoms with Crippen LogP contribution in [0.15, 0.2) is 71.3 Å². The summed E-state index contributed by atoms with van der Waals surface area (Å²) in [5, 5.41) is 2.74. The molecule has 1 aromatic heterocycles. The number of oxazole rings is 1. The van der Waals surface area contributed by atoms with Gasteiger partial charge in [-0.2, -0.15) is 0 Å². The molecule has 130 valence electrons. The van der Waals surface area contributed by atoms with Gasteiger partial charge < -0.3 is 9.73 Å². The van der Waals surface area contributed by atoms with Gasteiger partial charge in [0.05, 0.1) is 12.2 Å². The molecule has 1 fully saturated rings. The molecule has 6 nitrogen and oxygen atoms in total. The van der Waals surface area contributed by atoms with Crippen LogP contribution in [0.25, 0.3) is 11.5 Å². The smallest absolute Gasteiger partial charge is 0.325 e. The molecule has 1 aliphatic rings. The Morgan fingerprint density at radius 2 is 1.69 bits per heavy atom. The van der Waals surface area contributed by atoms with E-state index >= 15 is 0 Å². The fourth-order valence-corrected chi connectivity index (χ4v) is 2.97. The third kappa shape index (κ3) is 3.21. The fraction of sp³-hybridized carbons (Fsp3) is 0.150. The largest absolute Gasteiger partial charge is 0.444 e. The summed E-state index contributed by atoms with van der Waals surface area (Å²) >= 11 is 0. The predicted octanol–water partition coefficient (Wildman–Crippen LogP) is 3.00. The van der Waals surface area contributed by atoms with Gasteiger partial charge in [0.15, 0.2) is 0 Å². The van der Waals surface area contributed by atoms with Gasteiger partial charge in [-0.1, -0.05) is 48.5 Å². The number of hydrogen-bond donors (Lipinski definition) is 1. The molecule has 0 bridgehead atoms. The van der Waals surface area contributed by atoms with Gasteiger partial charge in [-0.05, 0) is 17.7 Å². The highest BCUT2D eigenvalue weighted by molar-refractivity contribution is 6.04. The molecule has 0 radical (unpaired) electrons. The summed E-state index contributed by atoms with van der Waals surface area (Å²) in [7, 11) is 0. The molecule has 4 rings (SSSR count). The second kappa shape index (κ2) is 6.84. The Balaban J connectivity index is 1.46. The van der Waals surface area contributed by atoms with Crippen LogP contribution >= 0.6 is 0 Å². The monoisotopic (exact) mass is 347 g/mol. The summed E-state index contributed by atoms with van der Waals surface area (Å²) in [5.41, 5.74) is 2.38. The minimum atomic E-state index is -0.551. The Labute approximate surface area is 150 Å². The van der Waals surface area contributed by atoms with Crippen LogP contribution in [0.5, 0.6) is 0 Å². The highest BCUT2D eigenvalue weighted by Crippen LogP contribution is 2.20. The van der Waals surface area contributed by atoms with Crippen molar-refractivity contribution in [2.75, 3.05) is 0 Å². The van der Waals surface area contributed by atoms with Gasteiger partial charge in [-0.15, -0.1) is 0 Å². The Morgan fingerprint density at radius 3 is 2.42 bits per heavy atom. The van der Waals surface area contributed by atoms with Crippen molar-refractivity contribution in [3.8, 4) is 11.5 Å². The van der Waals surface area contributed by atoms with E-state index in [0.717, 1.165) is 11.1 Å². The number of urea groups is 1. The van der Waals surface area contributed by atoms with Crippen LogP contribution in [0.1, 0.15) is 11.3 Å². The van der Waals surface area contributed by atoms with Gasteiger partial charge in [0.2, 0.25) is 5.89 Å². The maximum absolute atomic E-state index is 12.6. The molecule has 1 saturated heterocycles. The van der Waals surface area contributed by atoms with E-state index in [0.29, 0.717) is 18.0 Å². The number of aromatic nitrogens is 1. The SMILES string of the molecule is O=C1NC(Cc2ccccc2)C(=O)N1Cc1coc(-c2ccccc2)n1. The molecule has 0 aliphatic carbocycles. The lowest BCUT2D eigenvalue weighted by molar-refractivity contribution is -0.127. The average molecular weight is 347 g/mol. The molecule has 6 heteroatoms. The first-order valence-corrected chi connectivity index (χ1v) is 8.36. The Morgan fingerprint density at radius 1 is 1.00 bits per heavy atom. The number of carbonyl (C=O) groups excluding carboxylic acids is 2. The van der Waals surface area contributed by atoms with Crippen LogP contribution in [-0.2, 0) is 17.8 Å². The molecule has 1 N–H and O–H groups in total. The summed E-state index contributed by atoms with van der Waals surface area (Å²) in [4.78, 5) is 30.3. The van der Waals surface area contributed by atoms with E-state index in [1.165, 1.54) is 11.2 Å². The molecule has 1 unspecified atom stereocenters. The Kier molecular flexibility index (Phi) is 4.23. The summed E-state index contributed by atoms with van der Waals surface area (Å²) in [6.07, 6.45) is 1.95. The molecule has 0 saturated carbocycles. The number of carbonyl (C=O) groups is 2. The lowest BCUT2D eigenvalue weighted by atomic mass is 10.1. The van der Waals surface area contributed by atoms with Gasteiger partial charge in [0, 0.05) is 12.0 Å². The molecule has 0 spiro atoms. The Hall–Kier alpha value is -3.41. The highest BCUT2D eigenvalue weighted by Gasteiger charge is 2.38. The first-order chi connectivity index (χ1) is 12.7. The van der Waals surface area contributed by atoms with Gasteiger partial charge in [0.1, 0.15) is 12.3 Å². The number of rotatable bonds is 5. The zero-order valence-corrected chi connectivity index (χ0v) is 14.0. The summed E-state index contributed by atoms with van der Waals surface area (Å²) in [6.45, 7) is 0.0896. The van der Waals surface area contributed by atoms with Crippen LogP contribution in [0.4, 0.5) is 4.79 Å². The quantitative estimate of drug-likeness (QED) is 0.720. The zero-order chi connectivity index (χ0) is 17.9. The predicted molar refractivity (Wildman–Crippen MR) is 95.0 cm³/mol. The third-order valence-corrected chi connectivity index (χ3v) is 4.28. The second-order valence-corrected chi connectivity index (χ2v) is 6.13. The average Bonchev–Trinajstić information content (AvgIpc) is 3.24. The van der Waals surface area contributed by atoms with Crippen molar-refractivity contribution in [1.29, 1.82) is 0 Å². The van der Waals surface area contributed by atoms with Gasteiger partial charge >= 0.3 is 6.03 Å². The van der Waals surface area contributed by atoms with E-state index in [4.69, 9.17) is 4.42 Å². The normalized spacial score (nSPS) is 16.8. The van der Waals surface area contributed by atoms with Crippen LogP contribution < -0.4 is 5.32 Å². The number of nitrogens with one attached hydrogen (secondary N) is 1. The van der Waals surface area contributed by atoms with Crippen molar-refractivity contribution >= 4 is 11.9 Å². The van der Waals surface area contributed by atoms with Crippen LogP contribution in [0.3, 0.4) is 0 Å². The molecule has 3 aromatic rings. The van der Waals surface area contributed by atoms with Crippen molar-refractivity contribution in [3.05, 3.63) is 78.2 Å². The number of amides is 3. The van der Waals surface area contributed by atoms with E-state index in [9.17, 15) is 9.59 Å². The summed E-state index contributed by atoms with van der Waals surface area (Å²) in [5.74, 6) is 0.219. The molecule has 1 aliphatic heterocycles. The number of imide groups is 1. The zero-order valence-electron chi connectivity index (χ0n) is 14.0.